The third-order valence-electron chi connectivity index (χ3n) is 3.32. The Bertz CT molecular complexity index is 279. The second-order valence-electron chi connectivity index (χ2n) is 4.96. The van der Waals surface area contributed by atoms with E-state index in [2.05, 4.69) is 5.32 Å². The largest absolute Gasteiger partial charge is 0.310 e. The van der Waals surface area contributed by atoms with Crippen LogP contribution in [0.15, 0.2) is 0 Å². The average Bonchev–Trinajstić information content (AvgIpc) is 2.45. The summed E-state index contributed by atoms with van der Waals surface area (Å²) >= 11 is 0. The second-order valence-corrected chi connectivity index (χ2v) is 7.35. The molecule has 0 heterocycles. The maximum atomic E-state index is 11.5. The summed E-state index contributed by atoms with van der Waals surface area (Å²) in [4.78, 5) is 0. The van der Waals surface area contributed by atoms with E-state index in [0.29, 0.717) is 6.04 Å². The van der Waals surface area contributed by atoms with Gasteiger partial charge in [-0.3, -0.25) is 0 Å². The van der Waals surface area contributed by atoms with Gasteiger partial charge in [-0.2, -0.15) is 0 Å². The molecular formula is C12H25NO2S. The molecule has 0 aliphatic heterocycles. The molecule has 1 aliphatic carbocycles. The molecule has 1 saturated carbocycles. The first kappa shape index (κ1) is 14.0. The highest BCUT2D eigenvalue weighted by atomic mass is 32.2. The highest BCUT2D eigenvalue weighted by molar-refractivity contribution is 7.91. The zero-order chi connectivity index (χ0) is 12.0. The molecule has 1 rings (SSSR count). The Balaban J connectivity index is 2.35. The van der Waals surface area contributed by atoms with Gasteiger partial charge in [0.2, 0.25) is 0 Å². The number of nitrogens with one attached hydrogen (secondary N) is 1. The Labute approximate surface area is 99.9 Å². The van der Waals surface area contributed by atoms with Crippen LogP contribution in [0.3, 0.4) is 0 Å². The van der Waals surface area contributed by atoms with Crippen LogP contribution in [0.4, 0.5) is 0 Å². The lowest BCUT2D eigenvalue weighted by molar-refractivity contribution is 0.421. The zero-order valence-electron chi connectivity index (χ0n) is 10.5. The lowest BCUT2D eigenvalue weighted by atomic mass is 10.1. The SMILES string of the molecule is CCS(=O)(=O)CC(C)NC1CCCCCC1. The lowest BCUT2D eigenvalue weighted by Crippen LogP contribution is -2.40. The third-order valence-corrected chi connectivity index (χ3v) is 5.21. The smallest absolute Gasteiger partial charge is 0.151 e. The first-order valence-electron chi connectivity index (χ1n) is 6.50. The van der Waals surface area contributed by atoms with Crippen molar-refractivity contribution in [3.63, 3.8) is 0 Å². The molecule has 0 saturated heterocycles. The van der Waals surface area contributed by atoms with E-state index < -0.39 is 9.84 Å². The van der Waals surface area contributed by atoms with Crippen LogP contribution in [0.2, 0.25) is 0 Å². The molecule has 0 bridgehead atoms. The van der Waals surface area contributed by atoms with Gasteiger partial charge in [0.15, 0.2) is 9.84 Å². The monoisotopic (exact) mass is 247 g/mol. The van der Waals surface area contributed by atoms with E-state index in [4.69, 9.17) is 0 Å². The Morgan fingerprint density at radius 1 is 1.19 bits per heavy atom. The quantitative estimate of drug-likeness (QED) is 0.757. The van der Waals surface area contributed by atoms with Crippen molar-refractivity contribution in [1.82, 2.24) is 5.32 Å². The van der Waals surface area contributed by atoms with Gasteiger partial charge in [0, 0.05) is 17.8 Å². The minimum Gasteiger partial charge on any atom is -0.310 e. The van der Waals surface area contributed by atoms with Crippen LogP contribution in [-0.2, 0) is 9.84 Å². The van der Waals surface area contributed by atoms with E-state index in [0.717, 1.165) is 0 Å². The predicted octanol–water partition coefficient (Wildman–Crippen LogP) is 2.12. The Morgan fingerprint density at radius 2 is 1.75 bits per heavy atom. The number of rotatable bonds is 5. The maximum Gasteiger partial charge on any atom is 0.151 e. The number of sulfone groups is 1. The Hall–Kier alpha value is -0.0900. The third kappa shape index (κ3) is 5.30. The summed E-state index contributed by atoms with van der Waals surface area (Å²) in [6, 6.07) is 0.623. The van der Waals surface area contributed by atoms with Gasteiger partial charge >= 0.3 is 0 Å². The highest BCUT2D eigenvalue weighted by Crippen LogP contribution is 2.17. The molecule has 0 aromatic heterocycles. The number of hydrogen-bond donors (Lipinski definition) is 1. The van der Waals surface area contributed by atoms with Crippen LogP contribution in [0.25, 0.3) is 0 Å². The molecule has 0 radical (unpaired) electrons. The van der Waals surface area contributed by atoms with Crippen LogP contribution in [0.5, 0.6) is 0 Å². The van der Waals surface area contributed by atoms with Crippen LogP contribution < -0.4 is 5.32 Å². The summed E-state index contributed by atoms with van der Waals surface area (Å²) in [5.74, 6) is 0.531. The molecule has 1 aliphatic rings. The van der Waals surface area contributed by atoms with E-state index in [9.17, 15) is 8.42 Å². The van der Waals surface area contributed by atoms with Gasteiger partial charge in [0.05, 0.1) is 5.75 Å². The fourth-order valence-electron chi connectivity index (χ4n) is 2.40. The van der Waals surface area contributed by atoms with Crippen LogP contribution in [0.1, 0.15) is 52.4 Å². The molecule has 1 N–H and O–H groups in total. The average molecular weight is 247 g/mol. The second kappa shape index (κ2) is 6.60. The van der Waals surface area contributed by atoms with Gasteiger partial charge in [-0.1, -0.05) is 32.6 Å². The summed E-state index contributed by atoms with van der Waals surface area (Å²) in [6.45, 7) is 3.70. The molecule has 96 valence electrons. The van der Waals surface area contributed by atoms with Crippen molar-refractivity contribution < 1.29 is 8.42 Å². The van der Waals surface area contributed by atoms with Crippen molar-refractivity contribution >= 4 is 9.84 Å². The van der Waals surface area contributed by atoms with E-state index >= 15 is 0 Å². The summed E-state index contributed by atoms with van der Waals surface area (Å²) in [6.07, 6.45) is 7.64. The summed E-state index contributed by atoms with van der Waals surface area (Å²) in [5.41, 5.74) is 0. The van der Waals surface area contributed by atoms with Gasteiger partial charge in [0.1, 0.15) is 0 Å². The van der Waals surface area contributed by atoms with Crippen LogP contribution >= 0.6 is 0 Å². The van der Waals surface area contributed by atoms with Gasteiger partial charge in [-0.05, 0) is 19.8 Å². The van der Waals surface area contributed by atoms with Gasteiger partial charge in [0.25, 0.3) is 0 Å². The van der Waals surface area contributed by atoms with E-state index in [1.165, 1.54) is 38.5 Å². The van der Waals surface area contributed by atoms with Crippen molar-refractivity contribution in [2.24, 2.45) is 0 Å². The molecule has 0 aromatic carbocycles. The molecule has 0 spiro atoms. The van der Waals surface area contributed by atoms with Gasteiger partial charge in [-0.15, -0.1) is 0 Å². The molecule has 1 fully saturated rings. The van der Waals surface area contributed by atoms with E-state index in [1.807, 2.05) is 6.92 Å². The number of hydrogen-bond acceptors (Lipinski definition) is 3. The summed E-state index contributed by atoms with van der Waals surface area (Å²) < 4.78 is 23.0. The van der Waals surface area contributed by atoms with E-state index in [1.54, 1.807) is 6.92 Å². The fourth-order valence-corrected chi connectivity index (χ4v) is 3.49. The fraction of sp³-hybridized carbons (Fsp3) is 1.00. The molecule has 3 nitrogen and oxygen atoms in total. The summed E-state index contributed by atoms with van der Waals surface area (Å²) in [7, 11) is -2.84. The minimum atomic E-state index is -2.84. The lowest BCUT2D eigenvalue weighted by Gasteiger charge is -2.21. The standard InChI is InChI=1S/C12H25NO2S/c1-3-16(14,15)10-11(2)13-12-8-6-4-5-7-9-12/h11-13H,3-10H2,1-2H3. The highest BCUT2D eigenvalue weighted by Gasteiger charge is 2.18. The van der Waals surface area contributed by atoms with E-state index in [-0.39, 0.29) is 17.5 Å². The van der Waals surface area contributed by atoms with Crippen molar-refractivity contribution in [3.8, 4) is 0 Å². The van der Waals surface area contributed by atoms with Crippen molar-refractivity contribution in [3.05, 3.63) is 0 Å². The maximum absolute atomic E-state index is 11.5. The molecule has 16 heavy (non-hydrogen) atoms. The molecule has 1 unspecified atom stereocenters. The van der Waals surface area contributed by atoms with Crippen molar-refractivity contribution in [1.29, 1.82) is 0 Å². The van der Waals surface area contributed by atoms with Gasteiger partial charge < -0.3 is 5.32 Å². The van der Waals surface area contributed by atoms with Crippen molar-refractivity contribution in [2.45, 2.75) is 64.5 Å². The Kier molecular flexibility index (Phi) is 5.76. The molecule has 0 aromatic rings. The predicted molar refractivity (Wildman–Crippen MR) is 68.4 cm³/mol. The topological polar surface area (TPSA) is 46.2 Å². The zero-order valence-corrected chi connectivity index (χ0v) is 11.4. The van der Waals surface area contributed by atoms with Crippen molar-refractivity contribution in [2.75, 3.05) is 11.5 Å². The first-order chi connectivity index (χ1) is 7.53. The molecule has 0 amide bonds. The summed E-state index contributed by atoms with van der Waals surface area (Å²) in [5, 5.41) is 3.47. The minimum absolute atomic E-state index is 0.0908. The first-order valence-corrected chi connectivity index (χ1v) is 8.32. The van der Waals surface area contributed by atoms with Crippen LogP contribution in [0, 0.1) is 0 Å². The Morgan fingerprint density at radius 3 is 2.25 bits per heavy atom. The van der Waals surface area contributed by atoms with Crippen LogP contribution in [-0.4, -0.2) is 32.0 Å². The molecule has 4 heteroatoms. The molecular weight excluding hydrogens is 222 g/mol. The van der Waals surface area contributed by atoms with Gasteiger partial charge in [-0.25, -0.2) is 8.42 Å². The normalized spacial score (nSPS) is 21.6. The molecule has 1 atom stereocenters.